The molecule has 1 N–H and O–H groups in total. The molecule has 0 unspecified atom stereocenters. The number of fused-ring (bicyclic) bond motifs is 1. The van der Waals surface area contributed by atoms with Crippen molar-refractivity contribution in [1.82, 2.24) is 5.32 Å². The van der Waals surface area contributed by atoms with Crippen LogP contribution in [0.2, 0.25) is 0 Å². The van der Waals surface area contributed by atoms with E-state index in [0.717, 1.165) is 42.9 Å². The van der Waals surface area contributed by atoms with Crippen LogP contribution in [-0.4, -0.2) is 19.2 Å². The van der Waals surface area contributed by atoms with E-state index in [-0.39, 0.29) is 12.7 Å². The van der Waals surface area contributed by atoms with E-state index in [1.807, 2.05) is 18.2 Å². The van der Waals surface area contributed by atoms with Crippen molar-refractivity contribution in [3.63, 3.8) is 0 Å². The Kier molecular flexibility index (Phi) is 5.27. The number of rotatable bonds is 7. The van der Waals surface area contributed by atoms with Crippen molar-refractivity contribution < 1.29 is 14.3 Å². The van der Waals surface area contributed by atoms with Crippen LogP contribution in [0.4, 0.5) is 0 Å². The van der Waals surface area contributed by atoms with Gasteiger partial charge in [0, 0.05) is 13.0 Å². The van der Waals surface area contributed by atoms with Gasteiger partial charge in [-0.3, -0.25) is 4.79 Å². The van der Waals surface area contributed by atoms with Gasteiger partial charge in [0.15, 0.2) is 11.5 Å². The minimum atomic E-state index is 0.120. The van der Waals surface area contributed by atoms with E-state index in [1.54, 1.807) is 0 Å². The van der Waals surface area contributed by atoms with Gasteiger partial charge in [-0.2, -0.15) is 0 Å². The monoisotopic (exact) mass is 277 g/mol. The summed E-state index contributed by atoms with van der Waals surface area (Å²) in [4.78, 5) is 11.8. The van der Waals surface area contributed by atoms with E-state index in [4.69, 9.17) is 9.47 Å². The fourth-order valence-electron chi connectivity index (χ4n) is 2.28. The summed E-state index contributed by atoms with van der Waals surface area (Å²) >= 11 is 0. The zero-order valence-electron chi connectivity index (χ0n) is 12.3. The van der Waals surface area contributed by atoms with Crippen molar-refractivity contribution in [2.24, 2.45) is 5.92 Å². The van der Waals surface area contributed by atoms with E-state index in [2.05, 4.69) is 19.2 Å². The molecule has 0 aromatic heterocycles. The summed E-state index contributed by atoms with van der Waals surface area (Å²) in [5, 5.41) is 3.01. The number of carbonyl (C=O) groups is 1. The highest BCUT2D eigenvalue weighted by molar-refractivity contribution is 5.76. The summed E-state index contributed by atoms with van der Waals surface area (Å²) in [7, 11) is 0. The van der Waals surface area contributed by atoms with Crippen molar-refractivity contribution in [3.05, 3.63) is 23.8 Å². The highest BCUT2D eigenvalue weighted by Gasteiger charge is 2.13. The largest absolute Gasteiger partial charge is 0.454 e. The predicted octanol–water partition coefficient (Wildman–Crippen LogP) is 2.90. The lowest BCUT2D eigenvalue weighted by molar-refractivity contribution is -0.121. The Morgan fingerprint density at radius 2 is 2.00 bits per heavy atom. The molecule has 1 amide bonds. The van der Waals surface area contributed by atoms with Gasteiger partial charge in [0.1, 0.15) is 0 Å². The van der Waals surface area contributed by atoms with E-state index in [1.165, 1.54) is 0 Å². The molecule has 1 heterocycles. The second kappa shape index (κ2) is 7.17. The molecule has 0 bridgehead atoms. The molecule has 1 aliphatic heterocycles. The Balaban J connectivity index is 1.76. The molecule has 0 atom stereocenters. The molecule has 0 fully saturated rings. The first-order valence-electron chi connectivity index (χ1n) is 7.38. The van der Waals surface area contributed by atoms with Gasteiger partial charge in [0.05, 0.1) is 0 Å². The van der Waals surface area contributed by atoms with Gasteiger partial charge in [0.25, 0.3) is 0 Å². The molecule has 1 aromatic rings. The molecule has 4 nitrogen and oxygen atoms in total. The second-order valence-electron chi connectivity index (χ2n) is 5.17. The van der Waals surface area contributed by atoms with Crippen LogP contribution in [0.15, 0.2) is 18.2 Å². The fourth-order valence-corrected chi connectivity index (χ4v) is 2.28. The number of nitrogens with one attached hydrogen (secondary N) is 1. The van der Waals surface area contributed by atoms with Gasteiger partial charge in [-0.05, 0) is 30.0 Å². The smallest absolute Gasteiger partial charge is 0.231 e. The normalized spacial score (nSPS) is 12.8. The van der Waals surface area contributed by atoms with Crippen LogP contribution < -0.4 is 14.8 Å². The highest BCUT2D eigenvalue weighted by atomic mass is 16.7. The summed E-state index contributed by atoms with van der Waals surface area (Å²) in [5.41, 5.74) is 1.10. The number of hydrogen-bond donors (Lipinski definition) is 1. The lowest BCUT2D eigenvalue weighted by Crippen LogP contribution is -2.29. The minimum Gasteiger partial charge on any atom is -0.454 e. The van der Waals surface area contributed by atoms with E-state index in [0.29, 0.717) is 12.3 Å². The topological polar surface area (TPSA) is 47.6 Å². The Hall–Kier alpha value is -1.71. The lowest BCUT2D eigenvalue weighted by Gasteiger charge is -2.13. The van der Waals surface area contributed by atoms with Gasteiger partial charge in [-0.1, -0.05) is 32.8 Å². The molecule has 0 saturated carbocycles. The van der Waals surface area contributed by atoms with E-state index in [9.17, 15) is 4.79 Å². The molecule has 1 aromatic carbocycles. The second-order valence-corrected chi connectivity index (χ2v) is 5.17. The van der Waals surface area contributed by atoms with Crippen molar-refractivity contribution in [2.75, 3.05) is 13.3 Å². The summed E-state index contributed by atoms with van der Waals surface area (Å²) in [6.45, 7) is 5.39. The molecule has 2 rings (SSSR count). The average molecular weight is 277 g/mol. The third kappa shape index (κ3) is 3.89. The number of carbonyl (C=O) groups excluding carboxylic acids is 1. The predicted molar refractivity (Wildman–Crippen MR) is 78.0 cm³/mol. The molecule has 20 heavy (non-hydrogen) atoms. The first-order chi connectivity index (χ1) is 9.72. The van der Waals surface area contributed by atoms with Crippen molar-refractivity contribution in [3.8, 4) is 11.5 Å². The Morgan fingerprint density at radius 3 is 2.75 bits per heavy atom. The van der Waals surface area contributed by atoms with Gasteiger partial charge >= 0.3 is 0 Å². The minimum absolute atomic E-state index is 0.120. The van der Waals surface area contributed by atoms with Crippen LogP contribution in [0.3, 0.4) is 0 Å². The van der Waals surface area contributed by atoms with Crippen molar-refractivity contribution in [1.29, 1.82) is 0 Å². The maximum Gasteiger partial charge on any atom is 0.231 e. The number of aryl methyl sites for hydroxylation is 1. The molecule has 0 spiro atoms. The molecular weight excluding hydrogens is 254 g/mol. The average Bonchev–Trinajstić information content (AvgIpc) is 2.93. The first kappa shape index (κ1) is 14.7. The molecule has 0 aliphatic carbocycles. The molecule has 1 aliphatic rings. The molecule has 4 heteroatoms. The Morgan fingerprint density at radius 1 is 1.25 bits per heavy atom. The third-order valence-electron chi connectivity index (χ3n) is 3.82. The summed E-state index contributed by atoms with van der Waals surface area (Å²) in [6.07, 6.45) is 3.46. The van der Waals surface area contributed by atoms with Gasteiger partial charge in [-0.15, -0.1) is 0 Å². The third-order valence-corrected chi connectivity index (χ3v) is 3.82. The molecule has 0 radical (unpaired) electrons. The standard InChI is InChI=1S/C16H23NO3/c1-3-12(4-2)10-17-16(18)8-6-13-5-7-14-15(9-13)20-11-19-14/h5,7,9,12H,3-4,6,8,10-11H2,1-2H3,(H,17,18). The Labute approximate surface area is 120 Å². The maximum absolute atomic E-state index is 11.8. The number of benzene rings is 1. The van der Waals surface area contributed by atoms with Crippen molar-refractivity contribution >= 4 is 5.91 Å². The SMILES string of the molecule is CCC(CC)CNC(=O)CCc1ccc2c(c1)OCO2. The Bertz CT molecular complexity index is 455. The van der Waals surface area contributed by atoms with Gasteiger partial charge < -0.3 is 14.8 Å². The summed E-state index contributed by atoms with van der Waals surface area (Å²) < 4.78 is 10.6. The van der Waals surface area contributed by atoms with Crippen molar-refractivity contribution in [2.45, 2.75) is 39.5 Å². The molecule has 110 valence electrons. The summed E-state index contributed by atoms with van der Waals surface area (Å²) in [5.74, 6) is 2.27. The lowest BCUT2D eigenvalue weighted by atomic mass is 10.0. The molecular formula is C16H23NO3. The van der Waals surface area contributed by atoms with Crippen LogP contribution in [0.1, 0.15) is 38.7 Å². The molecule has 0 saturated heterocycles. The van der Waals surface area contributed by atoms with Gasteiger partial charge in [-0.25, -0.2) is 0 Å². The zero-order chi connectivity index (χ0) is 14.4. The highest BCUT2D eigenvalue weighted by Crippen LogP contribution is 2.32. The van der Waals surface area contributed by atoms with Crippen LogP contribution in [0.25, 0.3) is 0 Å². The van der Waals surface area contributed by atoms with Gasteiger partial charge in [0.2, 0.25) is 12.7 Å². The van der Waals surface area contributed by atoms with E-state index >= 15 is 0 Å². The van der Waals surface area contributed by atoms with Crippen LogP contribution in [0, 0.1) is 5.92 Å². The van der Waals surface area contributed by atoms with Crippen LogP contribution >= 0.6 is 0 Å². The van der Waals surface area contributed by atoms with Crippen LogP contribution in [0.5, 0.6) is 11.5 Å². The number of hydrogen-bond acceptors (Lipinski definition) is 3. The number of ether oxygens (including phenoxy) is 2. The first-order valence-corrected chi connectivity index (χ1v) is 7.38. The fraction of sp³-hybridized carbons (Fsp3) is 0.562. The maximum atomic E-state index is 11.8. The number of amides is 1. The zero-order valence-corrected chi connectivity index (χ0v) is 12.3. The van der Waals surface area contributed by atoms with Crippen LogP contribution in [-0.2, 0) is 11.2 Å². The quantitative estimate of drug-likeness (QED) is 0.833. The summed E-state index contributed by atoms with van der Waals surface area (Å²) in [6, 6.07) is 5.85. The van der Waals surface area contributed by atoms with E-state index < -0.39 is 0 Å².